The van der Waals surface area contributed by atoms with E-state index in [1.54, 1.807) is 12.1 Å². The van der Waals surface area contributed by atoms with Crippen LogP contribution in [-0.2, 0) is 6.42 Å². The quantitative estimate of drug-likeness (QED) is 0.735. The fourth-order valence-corrected chi connectivity index (χ4v) is 4.01. The van der Waals surface area contributed by atoms with Gasteiger partial charge in [-0.2, -0.15) is 0 Å². The number of piperazine rings is 1. The molecule has 29 heavy (non-hydrogen) atoms. The summed E-state index contributed by atoms with van der Waals surface area (Å²) in [4.78, 5) is 14.0. The van der Waals surface area contributed by atoms with Crippen LogP contribution in [0.4, 0.5) is 10.2 Å². The molecule has 1 aliphatic heterocycles. The van der Waals surface area contributed by atoms with Gasteiger partial charge in [0.1, 0.15) is 17.5 Å². The van der Waals surface area contributed by atoms with Crippen molar-refractivity contribution in [3.8, 4) is 0 Å². The van der Waals surface area contributed by atoms with Crippen molar-refractivity contribution in [2.75, 3.05) is 37.6 Å². The SMILES string of the molecule is CCCC[C@@H](O)CN1CCN(c2nc(C)nc(C)c2Cc2cccc(F)c2)CC1. The highest BCUT2D eigenvalue weighted by molar-refractivity contribution is 5.51. The zero-order valence-corrected chi connectivity index (χ0v) is 17.9. The maximum absolute atomic E-state index is 13.6. The Morgan fingerprint density at radius 2 is 1.90 bits per heavy atom. The molecule has 0 radical (unpaired) electrons. The second kappa shape index (κ2) is 10.1. The summed E-state index contributed by atoms with van der Waals surface area (Å²) < 4.78 is 13.6. The minimum Gasteiger partial charge on any atom is -0.392 e. The summed E-state index contributed by atoms with van der Waals surface area (Å²) >= 11 is 0. The monoisotopic (exact) mass is 400 g/mol. The number of hydrogen-bond acceptors (Lipinski definition) is 5. The third-order valence-electron chi connectivity index (χ3n) is 5.61. The Bertz CT molecular complexity index is 805. The number of aryl methyl sites for hydroxylation is 2. The first kappa shape index (κ1) is 21.7. The van der Waals surface area contributed by atoms with Crippen molar-refractivity contribution in [2.45, 2.75) is 52.6 Å². The maximum atomic E-state index is 13.6. The lowest BCUT2D eigenvalue weighted by Crippen LogP contribution is -2.49. The molecule has 0 amide bonds. The van der Waals surface area contributed by atoms with E-state index >= 15 is 0 Å². The predicted octanol–water partition coefficient (Wildman–Crippen LogP) is 3.50. The summed E-state index contributed by atoms with van der Waals surface area (Å²) in [5.74, 6) is 1.51. The molecule has 1 fully saturated rings. The largest absolute Gasteiger partial charge is 0.392 e. The van der Waals surface area contributed by atoms with Crippen molar-refractivity contribution >= 4 is 5.82 Å². The van der Waals surface area contributed by atoms with Gasteiger partial charge in [-0.05, 0) is 38.0 Å². The van der Waals surface area contributed by atoms with E-state index in [-0.39, 0.29) is 11.9 Å². The summed E-state index contributed by atoms with van der Waals surface area (Å²) in [7, 11) is 0. The average Bonchev–Trinajstić information content (AvgIpc) is 2.69. The summed E-state index contributed by atoms with van der Waals surface area (Å²) in [6.07, 6.45) is 3.44. The number of unbranched alkanes of at least 4 members (excludes halogenated alkanes) is 1. The number of β-amino-alcohol motifs (C(OH)–C–C–N with tert-alkyl or cyclic N) is 1. The third-order valence-corrected chi connectivity index (χ3v) is 5.61. The Hall–Kier alpha value is -2.05. The van der Waals surface area contributed by atoms with Gasteiger partial charge in [0.15, 0.2) is 0 Å². The molecule has 1 N–H and O–H groups in total. The fraction of sp³-hybridized carbons (Fsp3) is 0.565. The highest BCUT2D eigenvalue weighted by Gasteiger charge is 2.23. The summed E-state index contributed by atoms with van der Waals surface area (Å²) in [6, 6.07) is 6.74. The van der Waals surface area contributed by atoms with E-state index in [1.807, 2.05) is 19.9 Å². The number of anilines is 1. The minimum atomic E-state index is -0.242. The molecular formula is C23H33FN4O. The van der Waals surface area contributed by atoms with Crippen LogP contribution in [0.5, 0.6) is 0 Å². The molecule has 1 aromatic carbocycles. The number of aromatic nitrogens is 2. The highest BCUT2D eigenvalue weighted by Crippen LogP contribution is 2.25. The van der Waals surface area contributed by atoms with E-state index in [0.717, 1.165) is 80.4 Å². The molecule has 6 heteroatoms. The average molecular weight is 401 g/mol. The molecule has 1 saturated heterocycles. The van der Waals surface area contributed by atoms with Crippen molar-refractivity contribution < 1.29 is 9.50 Å². The Morgan fingerprint density at radius 3 is 2.59 bits per heavy atom. The van der Waals surface area contributed by atoms with Crippen LogP contribution in [0.3, 0.4) is 0 Å². The van der Waals surface area contributed by atoms with Crippen molar-refractivity contribution in [1.29, 1.82) is 0 Å². The number of aliphatic hydroxyl groups is 1. The molecule has 0 spiro atoms. The van der Waals surface area contributed by atoms with E-state index in [1.165, 1.54) is 6.07 Å². The fourth-order valence-electron chi connectivity index (χ4n) is 4.01. The summed E-state index contributed by atoms with van der Waals surface area (Å²) in [5, 5.41) is 10.2. The Balaban J connectivity index is 1.70. The summed E-state index contributed by atoms with van der Waals surface area (Å²) in [5.41, 5.74) is 2.95. The normalized spacial score (nSPS) is 16.2. The van der Waals surface area contributed by atoms with E-state index < -0.39 is 0 Å². The van der Waals surface area contributed by atoms with Crippen LogP contribution < -0.4 is 4.90 Å². The van der Waals surface area contributed by atoms with E-state index in [2.05, 4.69) is 21.7 Å². The van der Waals surface area contributed by atoms with Gasteiger partial charge in [0.05, 0.1) is 6.10 Å². The van der Waals surface area contributed by atoms with Crippen molar-refractivity contribution in [3.63, 3.8) is 0 Å². The van der Waals surface area contributed by atoms with Gasteiger partial charge in [0, 0.05) is 50.4 Å². The van der Waals surface area contributed by atoms with Crippen LogP contribution in [0.1, 0.15) is 48.8 Å². The lowest BCUT2D eigenvalue weighted by molar-refractivity contribution is 0.100. The zero-order chi connectivity index (χ0) is 20.8. The summed E-state index contributed by atoms with van der Waals surface area (Å²) in [6.45, 7) is 10.4. The van der Waals surface area contributed by atoms with Crippen LogP contribution in [-0.4, -0.2) is 58.8 Å². The Morgan fingerprint density at radius 1 is 1.14 bits per heavy atom. The maximum Gasteiger partial charge on any atom is 0.136 e. The number of rotatable bonds is 8. The molecule has 1 aromatic heterocycles. The van der Waals surface area contributed by atoms with Gasteiger partial charge in [-0.25, -0.2) is 14.4 Å². The van der Waals surface area contributed by atoms with Gasteiger partial charge in [-0.15, -0.1) is 0 Å². The first-order valence-corrected chi connectivity index (χ1v) is 10.7. The number of aliphatic hydroxyl groups excluding tert-OH is 1. The molecule has 0 aliphatic carbocycles. The molecule has 2 heterocycles. The van der Waals surface area contributed by atoms with Crippen molar-refractivity contribution in [1.82, 2.24) is 14.9 Å². The smallest absolute Gasteiger partial charge is 0.136 e. The molecule has 3 rings (SSSR count). The lowest BCUT2D eigenvalue weighted by Gasteiger charge is -2.37. The minimum absolute atomic E-state index is 0.218. The molecular weight excluding hydrogens is 367 g/mol. The van der Waals surface area contributed by atoms with Gasteiger partial charge in [-0.3, -0.25) is 4.90 Å². The number of halogens is 1. The number of hydrogen-bond donors (Lipinski definition) is 1. The molecule has 158 valence electrons. The van der Waals surface area contributed by atoms with Crippen LogP contribution in [0.2, 0.25) is 0 Å². The Kier molecular flexibility index (Phi) is 7.56. The number of benzene rings is 1. The molecule has 0 saturated carbocycles. The standard InChI is InChI=1S/C23H33FN4O/c1-4-5-9-21(29)16-27-10-12-28(13-11-27)23-22(17(2)25-18(3)26-23)15-19-7-6-8-20(24)14-19/h6-8,14,21,29H,4-5,9-13,15-16H2,1-3H3/t21-/m1/s1. The van der Waals surface area contributed by atoms with Crippen LogP contribution in [0.25, 0.3) is 0 Å². The van der Waals surface area contributed by atoms with Gasteiger partial charge in [-0.1, -0.05) is 31.9 Å². The van der Waals surface area contributed by atoms with Crippen LogP contribution in [0, 0.1) is 19.7 Å². The first-order chi connectivity index (χ1) is 14.0. The van der Waals surface area contributed by atoms with Gasteiger partial charge in [0.25, 0.3) is 0 Å². The van der Waals surface area contributed by atoms with E-state index in [0.29, 0.717) is 6.42 Å². The van der Waals surface area contributed by atoms with Crippen molar-refractivity contribution in [2.24, 2.45) is 0 Å². The second-order valence-electron chi connectivity index (χ2n) is 8.05. The second-order valence-corrected chi connectivity index (χ2v) is 8.05. The Labute approximate surface area is 173 Å². The lowest BCUT2D eigenvalue weighted by atomic mass is 10.0. The van der Waals surface area contributed by atoms with Crippen LogP contribution in [0.15, 0.2) is 24.3 Å². The topological polar surface area (TPSA) is 52.5 Å². The molecule has 0 unspecified atom stereocenters. The molecule has 1 aliphatic rings. The molecule has 1 atom stereocenters. The predicted molar refractivity (Wildman–Crippen MR) is 115 cm³/mol. The van der Waals surface area contributed by atoms with Crippen LogP contribution >= 0.6 is 0 Å². The van der Waals surface area contributed by atoms with Gasteiger partial charge < -0.3 is 10.0 Å². The molecule has 5 nitrogen and oxygen atoms in total. The van der Waals surface area contributed by atoms with E-state index in [4.69, 9.17) is 4.98 Å². The van der Waals surface area contributed by atoms with E-state index in [9.17, 15) is 9.50 Å². The zero-order valence-electron chi connectivity index (χ0n) is 17.9. The first-order valence-electron chi connectivity index (χ1n) is 10.7. The molecule has 2 aromatic rings. The van der Waals surface area contributed by atoms with Gasteiger partial charge in [0.2, 0.25) is 0 Å². The van der Waals surface area contributed by atoms with Crippen molar-refractivity contribution in [3.05, 3.63) is 52.7 Å². The van der Waals surface area contributed by atoms with Gasteiger partial charge >= 0.3 is 0 Å². The number of nitrogens with zero attached hydrogens (tertiary/aromatic N) is 4. The third kappa shape index (κ3) is 5.97. The molecule has 0 bridgehead atoms. The highest BCUT2D eigenvalue weighted by atomic mass is 19.1.